The van der Waals surface area contributed by atoms with Crippen LogP contribution in [0.4, 0.5) is 0 Å². The summed E-state index contributed by atoms with van der Waals surface area (Å²) in [6.07, 6.45) is 5.92. The summed E-state index contributed by atoms with van der Waals surface area (Å²) in [5.41, 5.74) is 2.17. The smallest absolute Gasteiger partial charge is 0.159 e. The molecule has 0 aliphatic rings. The number of hydrogen-bond acceptors (Lipinski definition) is 4. The molecule has 4 nitrogen and oxygen atoms in total. The maximum absolute atomic E-state index is 5.52. The SMILES string of the molecule is CCCc1cnc(-c2ccc(OCCOC)cc2)nc1. The Balaban J connectivity index is 2.01. The number of nitrogens with zero attached hydrogens (tertiary/aromatic N) is 2. The fourth-order valence-corrected chi connectivity index (χ4v) is 1.86. The number of rotatable bonds is 7. The summed E-state index contributed by atoms with van der Waals surface area (Å²) >= 11 is 0. The molecular formula is C16H20N2O2. The Morgan fingerprint density at radius 1 is 1.00 bits per heavy atom. The molecule has 1 heterocycles. The number of hydrogen-bond donors (Lipinski definition) is 0. The Kier molecular flexibility index (Phi) is 5.50. The molecule has 0 aliphatic heterocycles. The van der Waals surface area contributed by atoms with Gasteiger partial charge in [-0.1, -0.05) is 13.3 Å². The standard InChI is InChI=1S/C16H20N2O2/c1-3-4-13-11-17-16(18-12-13)14-5-7-15(8-6-14)20-10-9-19-2/h5-8,11-12H,3-4,9-10H2,1-2H3. The van der Waals surface area contributed by atoms with Crippen LogP contribution in [0.2, 0.25) is 0 Å². The van der Waals surface area contributed by atoms with Gasteiger partial charge in [-0.25, -0.2) is 9.97 Å². The van der Waals surface area contributed by atoms with E-state index < -0.39 is 0 Å². The van der Waals surface area contributed by atoms with Gasteiger partial charge in [0.05, 0.1) is 6.61 Å². The van der Waals surface area contributed by atoms with Crippen molar-refractivity contribution in [3.8, 4) is 17.1 Å². The molecule has 4 heteroatoms. The number of methoxy groups -OCH3 is 1. The molecule has 0 radical (unpaired) electrons. The van der Waals surface area contributed by atoms with Gasteiger partial charge in [0.25, 0.3) is 0 Å². The summed E-state index contributed by atoms with van der Waals surface area (Å²) in [5, 5.41) is 0. The Bertz CT molecular complexity index is 509. The van der Waals surface area contributed by atoms with Gasteiger partial charge in [0.15, 0.2) is 5.82 Å². The zero-order chi connectivity index (χ0) is 14.2. The van der Waals surface area contributed by atoms with Crippen LogP contribution in [-0.4, -0.2) is 30.3 Å². The molecule has 0 atom stereocenters. The van der Waals surface area contributed by atoms with Gasteiger partial charge in [-0.15, -0.1) is 0 Å². The molecule has 0 unspecified atom stereocenters. The van der Waals surface area contributed by atoms with Crippen LogP contribution in [0.1, 0.15) is 18.9 Å². The van der Waals surface area contributed by atoms with Crippen LogP contribution < -0.4 is 4.74 Å². The number of aryl methyl sites for hydroxylation is 1. The van der Waals surface area contributed by atoms with Crippen molar-refractivity contribution in [1.29, 1.82) is 0 Å². The second-order valence-electron chi connectivity index (χ2n) is 4.53. The first-order valence-electron chi connectivity index (χ1n) is 6.86. The lowest BCUT2D eigenvalue weighted by Gasteiger charge is -2.06. The zero-order valence-electron chi connectivity index (χ0n) is 12.0. The van der Waals surface area contributed by atoms with Gasteiger partial charge in [0.2, 0.25) is 0 Å². The van der Waals surface area contributed by atoms with E-state index in [2.05, 4.69) is 16.9 Å². The van der Waals surface area contributed by atoms with E-state index in [4.69, 9.17) is 9.47 Å². The van der Waals surface area contributed by atoms with E-state index in [9.17, 15) is 0 Å². The maximum atomic E-state index is 5.52. The molecule has 1 aromatic carbocycles. The lowest BCUT2D eigenvalue weighted by molar-refractivity contribution is 0.146. The largest absolute Gasteiger partial charge is 0.491 e. The molecule has 0 amide bonds. The van der Waals surface area contributed by atoms with Crippen LogP contribution in [0.5, 0.6) is 5.75 Å². The second kappa shape index (κ2) is 7.60. The minimum atomic E-state index is 0.554. The Morgan fingerprint density at radius 3 is 2.30 bits per heavy atom. The first-order chi connectivity index (χ1) is 9.83. The highest BCUT2D eigenvalue weighted by Crippen LogP contribution is 2.19. The second-order valence-corrected chi connectivity index (χ2v) is 4.53. The van der Waals surface area contributed by atoms with Crippen molar-refractivity contribution >= 4 is 0 Å². The van der Waals surface area contributed by atoms with Crippen molar-refractivity contribution in [1.82, 2.24) is 9.97 Å². The predicted molar refractivity (Wildman–Crippen MR) is 78.8 cm³/mol. The highest BCUT2D eigenvalue weighted by atomic mass is 16.5. The molecule has 2 aromatic rings. The molecule has 0 N–H and O–H groups in total. The number of benzene rings is 1. The van der Waals surface area contributed by atoms with Gasteiger partial charge in [0.1, 0.15) is 12.4 Å². The molecule has 0 spiro atoms. The minimum absolute atomic E-state index is 0.554. The van der Waals surface area contributed by atoms with Crippen LogP contribution in [-0.2, 0) is 11.2 Å². The molecule has 1 aromatic heterocycles. The quantitative estimate of drug-likeness (QED) is 0.726. The monoisotopic (exact) mass is 272 g/mol. The third-order valence-electron chi connectivity index (χ3n) is 2.91. The van der Waals surface area contributed by atoms with Gasteiger partial charge in [-0.3, -0.25) is 0 Å². The minimum Gasteiger partial charge on any atom is -0.491 e. The van der Waals surface area contributed by atoms with Crippen LogP contribution in [0, 0.1) is 0 Å². The first kappa shape index (κ1) is 14.5. The van der Waals surface area contributed by atoms with Gasteiger partial charge in [0, 0.05) is 25.1 Å². The summed E-state index contributed by atoms with van der Waals surface area (Å²) in [4.78, 5) is 8.80. The van der Waals surface area contributed by atoms with Crippen molar-refractivity contribution in [3.05, 3.63) is 42.2 Å². The van der Waals surface area contributed by atoms with Crippen LogP contribution in [0.25, 0.3) is 11.4 Å². The predicted octanol–water partition coefficient (Wildman–Crippen LogP) is 3.12. The molecule has 0 saturated heterocycles. The first-order valence-corrected chi connectivity index (χ1v) is 6.86. The van der Waals surface area contributed by atoms with Crippen LogP contribution in [0.15, 0.2) is 36.7 Å². The van der Waals surface area contributed by atoms with E-state index in [1.807, 2.05) is 36.7 Å². The molecule has 0 aliphatic carbocycles. The third-order valence-corrected chi connectivity index (χ3v) is 2.91. The molecule has 106 valence electrons. The molecule has 20 heavy (non-hydrogen) atoms. The topological polar surface area (TPSA) is 44.2 Å². The lowest BCUT2D eigenvalue weighted by atomic mass is 10.2. The van der Waals surface area contributed by atoms with Crippen LogP contribution >= 0.6 is 0 Å². The summed E-state index contributed by atoms with van der Waals surface area (Å²) < 4.78 is 10.5. The fourth-order valence-electron chi connectivity index (χ4n) is 1.86. The molecule has 0 fully saturated rings. The van der Waals surface area contributed by atoms with Crippen molar-refractivity contribution in [2.75, 3.05) is 20.3 Å². The van der Waals surface area contributed by atoms with Crippen molar-refractivity contribution in [2.24, 2.45) is 0 Å². The van der Waals surface area contributed by atoms with Crippen molar-refractivity contribution in [3.63, 3.8) is 0 Å². The van der Waals surface area contributed by atoms with Gasteiger partial charge in [-0.05, 0) is 36.2 Å². The summed E-state index contributed by atoms with van der Waals surface area (Å²) in [5.74, 6) is 1.57. The fraction of sp³-hybridized carbons (Fsp3) is 0.375. The Labute approximate surface area is 119 Å². The van der Waals surface area contributed by atoms with E-state index in [1.54, 1.807) is 7.11 Å². The van der Waals surface area contributed by atoms with E-state index in [1.165, 1.54) is 5.56 Å². The van der Waals surface area contributed by atoms with Crippen molar-refractivity contribution in [2.45, 2.75) is 19.8 Å². The number of aromatic nitrogens is 2. The third kappa shape index (κ3) is 4.03. The van der Waals surface area contributed by atoms with Crippen LogP contribution in [0.3, 0.4) is 0 Å². The van der Waals surface area contributed by atoms with E-state index in [-0.39, 0.29) is 0 Å². The molecule has 2 rings (SSSR count). The van der Waals surface area contributed by atoms with E-state index >= 15 is 0 Å². The van der Waals surface area contributed by atoms with Gasteiger partial charge < -0.3 is 9.47 Å². The molecule has 0 bridgehead atoms. The Morgan fingerprint density at radius 2 is 1.70 bits per heavy atom. The van der Waals surface area contributed by atoms with Crippen molar-refractivity contribution < 1.29 is 9.47 Å². The lowest BCUT2D eigenvalue weighted by Crippen LogP contribution is -2.04. The highest BCUT2D eigenvalue weighted by molar-refractivity contribution is 5.55. The Hall–Kier alpha value is -1.94. The van der Waals surface area contributed by atoms with E-state index in [0.29, 0.717) is 13.2 Å². The van der Waals surface area contributed by atoms with Gasteiger partial charge >= 0.3 is 0 Å². The zero-order valence-corrected chi connectivity index (χ0v) is 12.0. The molecular weight excluding hydrogens is 252 g/mol. The number of ether oxygens (including phenoxy) is 2. The molecule has 0 saturated carbocycles. The maximum Gasteiger partial charge on any atom is 0.159 e. The summed E-state index contributed by atoms with van der Waals surface area (Å²) in [6.45, 7) is 3.29. The highest BCUT2D eigenvalue weighted by Gasteiger charge is 2.02. The normalized spacial score (nSPS) is 10.5. The average molecular weight is 272 g/mol. The summed E-state index contributed by atoms with van der Waals surface area (Å²) in [7, 11) is 1.66. The summed E-state index contributed by atoms with van der Waals surface area (Å²) in [6, 6.07) is 7.79. The van der Waals surface area contributed by atoms with E-state index in [0.717, 1.165) is 30.0 Å². The van der Waals surface area contributed by atoms with Gasteiger partial charge in [-0.2, -0.15) is 0 Å². The average Bonchev–Trinajstić information content (AvgIpc) is 2.49.